The van der Waals surface area contributed by atoms with Gasteiger partial charge in [-0.2, -0.15) is 0 Å². The Hall–Kier alpha value is -2.57. The van der Waals surface area contributed by atoms with Crippen LogP contribution >= 0.6 is 0 Å². The van der Waals surface area contributed by atoms with Gasteiger partial charge in [-0.15, -0.1) is 0 Å². The second-order valence-corrected chi connectivity index (χ2v) is 7.91. The van der Waals surface area contributed by atoms with Crippen LogP contribution in [-0.4, -0.2) is 62.4 Å². The number of likely N-dealkylation sites (N-methyl/N-ethyl adjacent to an activating group) is 1. The van der Waals surface area contributed by atoms with E-state index in [1.807, 2.05) is 43.3 Å². The molecule has 2 N–H and O–H groups in total. The molecule has 1 aliphatic heterocycles. The molecule has 0 aliphatic carbocycles. The van der Waals surface area contributed by atoms with Crippen LogP contribution in [0.4, 0.5) is 5.69 Å². The number of rotatable bonds is 9. The summed E-state index contributed by atoms with van der Waals surface area (Å²) in [7, 11) is 3.75. The van der Waals surface area contributed by atoms with Crippen molar-refractivity contribution in [2.75, 3.05) is 45.2 Å². The Labute approximate surface area is 179 Å². The molecule has 0 saturated carbocycles. The van der Waals surface area contributed by atoms with Crippen molar-refractivity contribution >= 4 is 11.6 Å². The van der Waals surface area contributed by atoms with E-state index >= 15 is 0 Å². The van der Waals surface area contributed by atoms with Crippen molar-refractivity contribution in [2.45, 2.75) is 31.9 Å². The summed E-state index contributed by atoms with van der Waals surface area (Å²) < 4.78 is 5.44. The molecule has 30 heavy (non-hydrogen) atoms. The molecule has 0 bridgehead atoms. The molecule has 2 aromatic carbocycles. The summed E-state index contributed by atoms with van der Waals surface area (Å²) in [4.78, 5) is 16.7. The van der Waals surface area contributed by atoms with Gasteiger partial charge in [0.1, 0.15) is 5.75 Å². The van der Waals surface area contributed by atoms with E-state index in [2.05, 4.69) is 34.3 Å². The van der Waals surface area contributed by atoms with Gasteiger partial charge in [0.15, 0.2) is 0 Å². The van der Waals surface area contributed by atoms with E-state index < -0.39 is 0 Å². The Balaban J connectivity index is 1.81. The van der Waals surface area contributed by atoms with Crippen molar-refractivity contribution in [1.29, 1.82) is 0 Å². The van der Waals surface area contributed by atoms with Gasteiger partial charge < -0.3 is 20.1 Å². The summed E-state index contributed by atoms with van der Waals surface area (Å²) in [6.45, 7) is 5.12. The largest absolute Gasteiger partial charge is 0.497 e. The highest BCUT2D eigenvalue weighted by atomic mass is 16.5. The highest BCUT2D eigenvalue weighted by molar-refractivity contribution is 5.94. The third-order valence-electron chi connectivity index (χ3n) is 5.70. The lowest BCUT2D eigenvalue weighted by Crippen LogP contribution is -2.36. The number of hydrogen-bond acceptors (Lipinski definition) is 5. The predicted octanol–water partition coefficient (Wildman–Crippen LogP) is 3.08. The highest BCUT2D eigenvalue weighted by Gasteiger charge is 2.26. The molecule has 0 spiro atoms. The minimum absolute atomic E-state index is 0.0403. The quantitative estimate of drug-likeness (QED) is 0.664. The van der Waals surface area contributed by atoms with E-state index in [4.69, 9.17) is 4.74 Å². The summed E-state index contributed by atoms with van der Waals surface area (Å²) in [5.74, 6) is 0.789. The maximum absolute atomic E-state index is 12.2. The second kappa shape index (κ2) is 10.5. The third kappa shape index (κ3) is 5.52. The molecule has 0 aromatic heterocycles. The maximum atomic E-state index is 12.2. The fraction of sp³-hybridized carbons (Fsp3) is 0.458. The van der Waals surface area contributed by atoms with Gasteiger partial charge in [-0.1, -0.05) is 19.1 Å². The minimum atomic E-state index is -0.248. The number of anilines is 1. The summed E-state index contributed by atoms with van der Waals surface area (Å²) in [6.07, 6.45) is 1.48. The molecule has 6 heteroatoms. The summed E-state index contributed by atoms with van der Waals surface area (Å²) in [5.41, 5.74) is 2.86. The van der Waals surface area contributed by atoms with Crippen LogP contribution in [-0.2, 0) is 0 Å². The number of methoxy groups -OCH3 is 1. The molecular weight excluding hydrogens is 378 g/mol. The number of ether oxygens (including phenoxy) is 1. The van der Waals surface area contributed by atoms with Crippen molar-refractivity contribution in [2.24, 2.45) is 0 Å². The number of likely N-dealkylation sites (tertiary alicyclic amines) is 1. The molecule has 162 valence electrons. The molecule has 1 heterocycles. The Morgan fingerprint density at radius 2 is 2.07 bits per heavy atom. The third-order valence-corrected chi connectivity index (χ3v) is 5.70. The number of carbonyl (C=O) groups is 1. The van der Waals surface area contributed by atoms with Gasteiger partial charge in [0, 0.05) is 44.5 Å². The number of benzene rings is 2. The monoisotopic (exact) mass is 411 g/mol. The molecular formula is C24H33N3O3. The van der Waals surface area contributed by atoms with Crippen molar-refractivity contribution < 1.29 is 14.6 Å². The Kier molecular flexibility index (Phi) is 7.71. The first-order valence-electron chi connectivity index (χ1n) is 10.7. The van der Waals surface area contributed by atoms with Crippen LogP contribution in [0.25, 0.3) is 0 Å². The minimum Gasteiger partial charge on any atom is -0.497 e. The molecule has 1 amide bonds. The van der Waals surface area contributed by atoms with Crippen LogP contribution in [0, 0.1) is 0 Å². The lowest BCUT2D eigenvalue weighted by Gasteiger charge is -2.34. The molecule has 1 aliphatic rings. The van der Waals surface area contributed by atoms with Crippen molar-refractivity contribution in [1.82, 2.24) is 10.2 Å². The Bertz CT molecular complexity index is 825. The van der Waals surface area contributed by atoms with Gasteiger partial charge in [-0.05, 0) is 54.8 Å². The van der Waals surface area contributed by atoms with Gasteiger partial charge in [-0.25, -0.2) is 0 Å². The van der Waals surface area contributed by atoms with Crippen LogP contribution in [0.2, 0.25) is 0 Å². The van der Waals surface area contributed by atoms with E-state index in [-0.39, 0.29) is 18.1 Å². The normalized spacial score (nSPS) is 17.5. The standard InChI is InChI=1S/C24H33N3O3/c1-4-13-25-24(29)18-8-10-20(11-9-18)26(2)23(17-27-14-12-21(28)16-27)19-6-5-7-22(15-19)30-3/h5-11,15,21,23,28H,4,12-14,16-17H2,1-3H3,(H,25,29)/t21-,23+/m0/s1. The van der Waals surface area contributed by atoms with Crippen LogP contribution in [0.1, 0.15) is 41.7 Å². The van der Waals surface area contributed by atoms with Crippen molar-refractivity contribution in [3.05, 3.63) is 59.7 Å². The molecule has 6 nitrogen and oxygen atoms in total. The van der Waals surface area contributed by atoms with Gasteiger partial charge in [0.25, 0.3) is 5.91 Å². The summed E-state index contributed by atoms with van der Waals surface area (Å²) in [6, 6.07) is 16.0. The number of carbonyl (C=O) groups excluding carboxylic acids is 1. The average molecular weight is 412 g/mol. The number of nitrogens with zero attached hydrogens (tertiary/aromatic N) is 2. The number of amides is 1. The van der Waals surface area contributed by atoms with Crippen LogP contribution in [0.15, 0.2) is 48.5 Å². The lowest BCUT2D eigenvalue weighted by molar-refractivity contribution is 0.0953. The predicted molar refractivity (Wildman–Crippen MR) is 120 cm³/mol. The number of hydrogen-bond donors (Lipinski definition) is 2. The SMILES string of the molecule is CCCNC(=O)c1ccc(N(C)[C@H](CN2CC[C@H](O)C2)c2cccc(OC)c2)cc1. The highest BCUT2D eigenvalue weighted by Crippen LogP contribution is 2.30. The van der Waals surface area contributed by atoms with E-state index in [0.29, 0.717) is 18.7 Å². The van der Waals surface area contributed by atoms with E-state index in [0.717, 1.165) is 42.9 Å². The summed E-state index contributed by atoms with van der Waals surface area (Å²) >= 11 is 0. The first-order valence-corrected chi connectivity index (χ1v) is 10.7. The lowest BCUT2D eigenvalue weighted by atomic mass is 10.0. The van der Waals surface area contributed by atoms with E-state index in [1.165, 1.54) is 0 Å². The smallest absolute Gasteiger partial charge is 0.251 e. The van der Waals surface area contributed by atoms with Crippen LogP contribution in [0.5, 0.6) is 5.75 Å². The first kappa shape index (κ1) is 22.1. The number of aliphatic hydroxyl groups is 1. The Morgan fingerprint density at radius 1 is 1.30 bits per heavy atom. The fourth-order valence-corrected chi connectivity index (χ4v) is 3.89. The molecule has 0 unspecified atom stereocenters. The molecule has 0 radical (unpaired) electrons. The fourth-order valence-electron chi connectivity index (χ4n) is 3.89. The zero-order valence-corrected chi connectivity index (χ0v) is 18.2. The number of aliphatic hydroxyl groups excluding tert-OH is 1. The van der Waals surface area contributed by atoms with Gasteiger partial charge in [-0.3, -0.25) is 9.69 Å². The van der Waals surface area contributed by atoms with Crippen molar-refractivity contribution in [3.63, 3.8) is 0 Å². The van der Waals surface area contributed by atoms with Crippen LogP contribution in [0.3, 0.4) is 0 Å². The topological polar surface area (TPSA) is 65.0 Å². The maximum Gasteiger partial charge on any atom is 0.251 e. The zero-order chi connectivity index (χ0) is 21.5. The van der Waals surface area contributed by atoms with E-state index in [1.54, 1.807) is 7.11 Å². The van der Waals surface area contributed by atoms with Gasteiger partial charge >= 0.3 is 0 Å². The number of nitrogens with one attached hydrogen (secondary N) is 1. The van der Waals surface area contributed by atoms with Gasteiger partial charge in [0.05, 0.1) is 19.3 Å². The molecule has 1 fully saturated rings. The second-order valence-electron chi connectivity index (χ2n) is 7.91. The van der Waals surface area contributed by atoms with Crippen molar-refractivity contribution in [3.8, 4) is 5.75 Å². The van der Waals surface area contributed by atoms with Gasteiger partial charge in [0.2, 0.25) is 0 Å². The van der Waals surface area contributed by atoms with E-state index in [9.17, 15) is 9.90 Å². The summed E-state index contributed by atoms with van der Waals surface area (Å²) in [5, 5.41) is 12.9. The Morgan fingerprint density at radius 3 is 2.70 bits per heavy atom. The molecule has 2 aromatic rings. The number of β-amino-alcohol motifs (C(OH)–C–C–N with tert-alkyl or cyclic N) is 1. The molecule has 1 saturated heterocycles. The first-order chi connectivity index (χ1) is 14.5. The zero-order valence-electron chi connectivity index (χ0n) is 18.2. The molecule has 2 atom stereocenters. The van der Waals surface area contributed by atoms with Crippen LogP contribution < -0.4 is 15.0 Å². The average Bonchev–Trinajstić information content (AvgIpc) is 3.20. The molecule has 3 rings (SSSR count).